The van der Waals surface area contributed by atoms with Gasteiger partial charge in [0.2, 0.25) is 0 Å². The summed E-state index contributed by atoms with van der Waals surface area (Å²) < 4.78 is 0. The minimum absolute atomic E-state index is 0.0694. The molecule has 4 fully saturated rings. The van der Waals surface area contributed by atoms with Gasteiger partial charge in [-0.15, -0.1) is 0 Å². The van der Waals surface area contributed by atoms with Crippen LogP contribution in [0.1, 0.15) is 25.7 Å². The lowest BCUT2D eigenvalue weighted by Gasteiger charge is -2.58. The molecule has 4 heterocycles. The molecule has 4 rings (SSSR count). The quantitative estimate of drug-likeness (QED) is 0.522. The van der Waals surface area contributed by atoms with Crippen molar-refractivity contribution in [2.45, 2.75) is 56.1 Å². The predicted octanol–water partition coefficient (Wildman–Crippen LogP) is -1.22. The summed E-state index contributed by atoms with van der Waals surface area (Å²) in [5.41, 5.74) is 0. The van der Waals surface area contributed by atoms with Gasteiger partial charge >= 0.3 is 0 Å². The second-order valence-corrected chi connectivity index (χ2v) is 7.30. The van der Waals surface area contributed by atoms with Crippen molar-refractivity contribution >= 4 is 5.91 Å². The Morgan fingerprint density at radius 2 is 1.71 bits per heavy atom. The van der Waals surface area contributed by atoms with Gasteiger partial charge in [-0.3, -0.25) is 9.69 Å². The first-order valence-electron chi connectivity index (χ1n) is 8.13. The lowest BCUT2D eigenvalue weighted by atomic mass is 9.70. The molecule has 0 aromatic rings. The average molecular weight is 296 g/mol. The van der Waals surface area contributed by atoms with Crippen LogP contribution in [-0.4, -0.2) is 81.1 Å². The standard InChI is InChI=1S/C15H24N2O4/c18-10-1-2-16-6-8-3-9(11(16)4-10)7-17-12(8)5-13(19)14(20)15(17)21/h8-14,18-20H,1-7H2/t8-,9-,10-,11-,12+,13+,14-/m0/s1. The van der Waals surface area contributed by atoms with E-state index in [9.17, 15) is 20.1 Å². The lowest BCUT2D eigenvalue weighted by Crippen LogP contribution is -2.68. The molecule has 21 heavy (non-hydrogen) atoms. The minimum Gasteiger partial charge on any atom is -0.393 e. The van der Waals surface area contributed by atoms with E-state index >= 15 is 0 Å². The zero-order valence-corrected chi connectivity index (χ0v) is 12.1. The summed E-state index contributed by atoms with van der Waals surface area (Å²) in [6, 6.07) is 0.433. The number of rotatable bonds is 0. The molecule has 118 valence electrons. The highest BCUT2D eigenvalue weighted by Crippen LogP contribution is 2.43. The Balaban J connectivity index is 1.58. The van der Waals surface area contributed by atoms with Gasteiger partial charge in [0.05, 0.1) is 12.2 Å². The predicted molar refractivity (Wildman–Crippen MR) is 74.3 cm³/mol. The third-order valence-electron chi connectivity index (χ3n) is 6.11. The molecule has 0 aromatic heterocycles. The first kappa shape index (κ1) is 13.9. The van der Waals surface area contributed by atoms with Crippen LogP contribution in [0.5, 0.6) is 0 Å². The maximum atomic E-state index is 12.3. The van der Waals surface area contributed by atoms with E-state index in [4.69, 9.17) is 0 Å². The van der Waals surface area contributed by atoms with Crippen molar-refractivity contribution in [1.82, 2.24) is 9.80 Å². The first-order chi connectivity index (χ1) is 10.0. The first-order valence-corrected chi connectivity index (χ1v) is 8.13. The zero-order valence-electron chi connectivity index (χ0n) is 12.1. The van der Waals surface area contributed by atoms with Gasteiger partial charge in [-0.1, -0.05) is 0 Å². The van der Waals surface area contributed by atoms with Crippen LogP contribution < -0.4 is 0 Å². The second kappa shape index (κ2) is 4.91. The van der Waals surface area contributed by atoms with Gasteiger partial charge in [-0.2, -0.15) is 0 Å². The summed E-state index contributed by atoms with van der Waals surface area (Å²) in [5.74, 6) is 0.473. The Morgan fingerprint density at radius 3 is 2.52 bits per heavy atom. The molecular formula is C15H24N2O4. The number of hydrogen-bond donors (Lipinski definition) is 3. The highest BCUT2D eigenvalue weighted by Gasteiger charge is 2.52. The van der Waals surface area contributed by atoms with Crippen LogP contribution >= 0.6 is 0 Å². The number of carbonyl (C=O) groups excluding carboxylic acids is 1. The Morgan fingerprint density at radius 1 is 0.952 bits per heavy atom. The third-order valence-corrected chi connectivity index (χ3v) is 6.11. The number of carbonyl (C=O) groups is 1. The normalized spacial score (nSPS) is 50.5. The fraction of sp³-hybridized carbons (Fsp3) is 0.933. The largest absolute Gasteiger partial charge is 0.393 e. The monoisotopic (exact) mass is 296 g/mol. The minimum atomic E-state index is -1.26. The highest BCUT2D eigenvalue weighted by atomic mass is 16.3. The van der Waals surface area contributed by atoms with Crippen molar-refractivity contribution in [3.63, 3.8) is 0 Å². The van der Waals surface area contributed by atoms with Gasteiger partial charge in [0.15, 0.2) is 6.10 Å². The molecule has 0 radical (unpaired) electrons. The van der Waals surface area contributed by atoms with Crippen LogP contribution in [0.15, 0.2) is 0 Å². The van der Waals surface area contributed by atoms with E-state index in [0.29, 0.717) is 30.8 Å². The van der Waals surface area contributed by atoms with E-state index in [1.165, 1.54) is 0 Å². The maximum Gasteiger partial charge on any atom is 0.254 e. The topological polar surface area (TPSA) is 84.2 Å². The summed E-state index contributed by atoms with van der Waals surface area (Å²) in [6.45, 7) is 2.55. The van der Waals surface area contributed by atoms with Crippen molar-refractivity contribution in [2.24, 2.45) is 11.8 Å². The molecule has 0 aliphatic carbocycles. The molecule has 6 nitrogen and oxygen atoms in total. The van der Waals surface area contributed by atoms with Gasteiger partial charge in [0, 0.05) is 31.7 Å². The number of hydrogen-bond acceptors (Lipinski definition) is 5. The number of amides is 1. The van der Waals surface area contributed by atoms with E-state index in [2.05, 4.69) is 4.90 Å². The SMILES string of the molecule is O=C1[C@@H](O)[C@H](O)C[C@@H]2[C@H]3C[C@@H](CN12)[C@@H]1C[C@@H](O)CCN1C3. The molecule has 3 N–H and O–H groups in total. The third kappa shape index (κ3) is 2.11. The van der Waals surface area contributed by atoms with Crippen LogP contribution in [0.4, 0.5) is 0 Å². The summed E-state index contributed by atoms with van der Waals surface area (Å²) in [4.78, 5) is 16.6. The van der Waals surface area contributed by atoms with Crippen molar-refractivity contribution in [3.05, 3.63) is 0 Å². The lowest BCUT2D eigenvalue weighted by molar-refractivity contribution is -0.173. The van der Waals surface area contributed by atoms with Gasteiger partial charge in [0.1, 0.15) is 0 Å². The molecule has 0 spiro atoms. The summed E-state index contributed by atoms with van der Waals surface area (Å²) in [7, 11) is 0. The molecule has 1 amide bonds. The number of aliphatic hydroxyl groups is 3. The highest BCUT2D eigenvalue weighted by molar-refractivity contribution is 5.82. The van der Waals surface area contributed by atoms with E-state index in [1.807, 2.05) is 4.90 Å². The molecule has 4 aliphatic heterocycles. The molecule has 0 saturated carbocycles. The molecular weight excluding hydrogens is 272 g/mol. The molecule has 6 heteroatoms. The van der Waals surface area contributed by atoms with Gasteiger partial charge in [-0.05, 0) is 37.5 Å². The fourth-order valence-electron chi connectivity index (χ4n) is 5.07. The maximum absolute atomic E-state index is 12.3. The van der Waals surface area contributed by atoms with Gasteiger partial charge < -0.3 is 20.2 Å². The number of piperidine rings is 4. The van der Waals surface area contributed by atoms with Gasteiger partial charge in [0.25, 0.3) is 5.91 Å². The van der Waals surface area contributed by atoms with Crippen molar-refractivity contribution < 1.29 is 20.1 Å². The second-order valence-electron chi connectivity index (χ2n) is 7.30. The van der Waals surface area contributed by atoms with E-state index < -0.39 is 12.2 Å². The Bertz CT molecular complexity index is 445. The van der Waals surface area contributed by atoms with Crippen molar-refractivity contribution in [3.8, 4) is 0 Å². The van der Waals surface area contributed by atoms with Crippen molar-refractivity contribution in [1.29, 1.82) is 0 Å². The Labute approximate surface area is 124 Å². The molecule has 0 unspecified atom stereocenters. The van der Waals surface area contributed by atoms with Crippen molar-refractivity contribution in [2.75, 3.05) is 19.6 Å². The van der Waals surface area contributed by atoms with Crippen LogP contribution in [0, 0.1) is 11.8 Å². The summed E-state index contributed by atoms with van der Waals surface area (Å²) in [5, 5.41) is 29.7. The van der Waals surface area contributed by atoms with E-state index in [0.717, 1.165) is 32.4 Å². The van der Waals surface area contributed by atoms with Gasteiger partial charge in [-0.25, -0.2) is 0 Å². The Hall–Kier alpha value is -0.690. The molecule has 4 saturated heterocycles. The van der Waals surface area contributed by atoms with Crippen LogP contribution in [-0.2, 0) is 4.79 Å². The Kier molecular flexibility index (Phi) is 3.26. The smallest absolute Gasteiger partial charge is 0.254 e. The summed E-state index contributed by atoms with van der Waals surface area (Å²) >= 11 is 0. The fourth-order valence-corrected chi connectivity index (χ4v) is 5.07. The average Bonchev–Trinajstić information content (AvgIpc) is 2.47. The molecule has 7 atom stereocenters. The molecule has 0 aromatic carbocycles. The summed E-state index contributed by atoms with van der Waals surface area (Å²) in [6.07, 6.45) is 0.811. The van der Waals surface area contributed by atoms with E-state index in [1.54, 1.807) is 0 Å². The number of aliphatic hydroxyl groups excluding tert-OH is 3. The number of fused-ring (bicyclic) bond motifs is 6. The van der Waals surface area contributed by atoms with Crippen LogP contribution in [0.25, 0.3) is 0 Å². The van der Waals surface area contributed by atoms with Crippen LogP contribution in [0.2, 0.25) is 0 Å². The zero-order chi connectivity index (χ0) is 14.7. The molecule has 4 aliphatic rings. The van der Waals surface area contributed by atoms with E-state index in [-0.39, 0.29) is 18.1 Å². The number of nitrogens with zero attached hydrogens (tertiary/aromatic N) is 2. The molecule has 2 bridgehead atoms. The van der Waals surface area contributed by atoms with Crippen LogP contribution in [0.3, 0.4) is 0 Å².